The maximum atomic E-state index is 12.7. The minimum absolute atomic E-state index is 0.0908. The summed E-state index contributed by atoms with van der Waals surface area (Å²) in [6.45, 7) is 11.6. The lowest BCUT2D eigenvalue weighted by atomic mass is 9.95. The molecule has 0 aromatic heterocycles. The fraction of sp³-hybridized carbons (Fsp3) is 0.650. The van der Waals surface area contributed by atoms with Crippen molar-refractivity contribution in [1.82, 2.24) is 10.2 Å². The minimum Gasteiger partial charge on any atom is -0.481 e. The van der Waals surface area contributed by atoms with E-state index in [9.17, 15) is 14.4 Å². The molecule has 0 bridgehead atoms. The number of carbonyl (C=O) groups is 3. The summed E-state index contributed by atoms with van der Waals surface area (Å²) in [4.78, 5) is 37.9. The van der Waals surface area contributed by atoms with Crippen LogP contribution < -0.4 is 5.32 Å². The lowest BCUT2D eigenvalue weighted by Crippen LogP contribution is -2.52. The van der Waals surface area contributed by atoms with E-state index in [4.69, 9.17) is 5.11 Å². The smallest absolute Gasteiger partial charge is 0.304 e. The molecule has 2 atom stereocenters. The zero-order valence-electron chi connectivity index (χ0n) is 16.4. The summed E-state index contributed by atoms with van der Waals surface area (Å²) in [5.41, 5.74) is 0. The third-order valence-electron chi connectivity index (χ3n) is 4.26. The molecule has 0 heterocycles. The molecule has 2 amide bonds. The number of aliphatic carboxylic acids is 1. The SMILES string of the molecule is C=CCCC[C@H](CC(=O)O)C(=O)N[C@H](C(=O)N(C)CCCC=C)C(C)C. The molecule has 0 radical (unpaired) electrons. The highest BCUT2D eigenvalue weighted by molar-refractivity contribution is 5.90. The van der Waals surface area contributed by atoms with Crippen LogP contribution >= 0.6 is 0 Å². The molecule has 0 aliphatic carbocycles. The van der Waals surface area contributed by atoms with E-state index >= 15 is 0 Å². The fourth-order valence-corrected chi connectivity index (χ4v) is 2.65. The first-order valence-corrected chi connectivity index (χ1v) is 9.23. The van der Waals surface area contributed by atoms with Crippen molar-refractivity contribution in [3.8, 4) is 0 Å². The number of rotatable bonds is 14. The number of carboxylic acids is 1. The van der Waals surface area contributed by atoms with E-state index in [0.29, 0.717) is 19.4 Å². The van der Waals surface area contributed by atoms with Gasteiger partial charge in [0.05, 0.1) is 6.42 Å². The van der Waals surface area contributed by atoms with Crippen LogP contribution in [0.25, 0.3) is 0 Å². The number of nitrogens with one attached hydrogen (secondary N) is 1. The van der Waals surface area contributed by atoms with Gasteiger partial charge in [-0.15, -0.1) is 13.2 Å². The van der Waals surface area contributed by atoms with Gasteiger partial charge >= 0.3 is 5.97 Å². The average Bonchev–Trinajstić information content (AvgIpc) is 2.57. The number of carboxylic acid groups (broad SMARTS) is 1. The number of carbonyl (C=O) groups excluding carboxylic acids is 2. The van der Waals surface area contributed by atoms with Crippen molar-refractivity contribution in [3.05, 3.63) is 25.3 Å². The second-order valence-electron chi connectivity index (χ2n) is 6.94. The molecule has 0 aliphatic rings. The molecule has 0 aliphatic heterocycles. The Morgan fingerprint density at radius 2 is 1.69 bits per heavy atom. The van der Waals surface area contributed by atoms with Gasteiger partial charge in [0.15, 0.2) is 0 Å². The lowest BCUT2D eigenvalue weighted by molar-refractivity contribution is -0.142. The number of nitrogens with zero attached hydrogens (tertiary/aromatic N) is 1. The Labute approximate surface area is 157 Å². The predicted octanol–water partition coefficient (Wildman–Crippen LogP) is 3.00. The second kappa shape index (κ2) is 13.1. The van der Waals surface area contributed by atoms with Gasteiger partial charge in [-0.3, -0.25) is 14.4 Å². The Hall–Kier alpha value is -2.11. The fourth-order valence-electron chi connectivity index (χ4n) is 2.65. The molecule has 0 spiro atoms. The lowest BCUT2D eigenvalue weighted by Gasteiger charge is -2.28. The largest absolute Gasteiger partial charge is 0.481 e. The van der Waals surface area contributed by atoms with E-state index < -0.39 is 17.9 Å². The monoisotopic (exact) mass is 366 g/mol. The van der Waals surface area contributed by atoms with Gasteiger partial charge in [0.2, 0.25) is 11.8 Å². The van der Waals surface area contributed by atoms with Gasteiger partial charge in [0, 0.05) is 19.5 Å². The molecule has 0 saturated heterocycles. The van der Waals surface area contributed by atoms with Crippen LogP contribution in [-0.2, 0) is 14.4 Å². The summed E-state index contributed by atoms with van der Waals surface area (Å²) in [6, 6.07) is -0.660. The van der Waals surface area contributed by atoms with Crippen molar-refractivity contribution in [2.24, 2.45) is 11.8 Å². The zero-order valence-corrected chi connectivity index (χ0v) is 16.4. The standard InChI is InChI=1S/C20H34N2O4/c1-6-8-10-12-16(14-17(23)24)19(25)21-18(15(3)4)20(26)22(5)13-11-9-7-2/h6-7,15-16,18H,1-2,8-14H2,3-5H3,(H,21,25)(H,23,24)/t16-,18+/m1/s1. The highest BCUT2D eigenvalue weighted by Crippen LogP contribution is 2.16. The molecule has 26 heavy (non-hydrogen) atoms. The predicted molar refractivity (Wildman–Crippen MR) is 104 cm³/mol. The molecule has 2 N–H and O–H groups in total. The van der Waals surface area contributed by atoms with Gasteiger partial charge in [-0.2, -0.15) is 0 Å². The van der Waals surface area contributed by atoms with Gasteiger partial charge < -0.3 is 15.3 Å². The summed E-state index contributed by atoms with van der Waals surface area (Å²) < 4.78 is 0. The molecule has 0 aromatic carbocycles. The molecule has 0 unspecified atom stereocenters. The van der Waals surface area contributed by atoms with E-state index in [1.54, 1.807) is 24.1 Å². The topological polar surface area (TPSA) is 86.7 Å². The van der Waals surface area contributed by atoms with E-state index in [2.05, 4.69) is 18.5 Å². The Balaban J connectivity index is 4.97. The summed E-state index contributed by atoms with van der Waals surface area (Å²) in [5.74, 6) is -2.28. The van der Waals surface area contributed by atoms with E-state index in [-0.39, 0.29) is 24.2 Å². The third kappa shape index (κ3) is 9.39. The summed E-state index contributed by atoms with van der Waals surface area (Å²) >= 11 is 0. The maximum absolute atomic E-state index is 12.7. The molecule has 148 valence electrons. The molecule has 0 aromatic rings. The van der Waals surface area contributed by atoms with Crippen molar-refractivity contribution >= 4 is 17.8 Å². The van der Waals surface area contributed by atoms with Crippen molar-refractivity contribution in [1.29, 1.82) is 0 Å². The number of amides is 2. The Kier molecular flexibility index (Phi) is 12.1. The van der Waals surface area contributed by atoms with Gasteiger partial charge in [0.1, 0.15) is 6.04 Å². The zero-order chi connectivity index (χ0) is 20.1. The minimum atomic E-state index is -1.02. The van der Waals surface area contributed by atoms with Crippen LogP contribution in [0.2, 0.25) is 0 Å². The van der Waals surface area contributed by atoms with Gasteiger partial charge in [-0.05, 0) is 38.0 Å². The Morgan fingerprint density at radius 3 is 2.19 bits per heavy atom. The van der Waals surface area contributed by atoms with Gasteiger partial charge in [-0.25, -0.2) is 0 Å². The van der Waals surface area contributed by atoms with E-state index in [0.717, 1.165) is 19.3 Å². The maximum Gasteiger partial charge on any atom is 0.304 e. The van der Waals surface area contributed by atoms with Gasteiger partial charge in [0.25, 0.3) is 0 Å². The number of hydrogen-bond acceptors (Lipinski definition) is 3. The summed E-state index contributed by atoms with van der Waals surface area (Å²) in [7, 11) is 1.71. The van der Waals surface area contributed by atoms with Crippen LogP contribution in [0, 0.1) is 11.8 Å². The number of allylic oxidation sites excluding steroid dienone is 2. The first-order chi connectivity index (χ1) is 12.2. The van der Waals surface area contributed by atoms with Crippen molar-refractivity contribution in [2.75, 3.05) is 13.6 Å². The van der Waals surface area contributed by atoms with Crippen LogP contribution in [0.3, 0.4) is 0 Å². The molecule has 0 fully saturated rings. The molecule has 0 saturated carbocycles. The second-order valence-corrected chi connectivity index (χ2v) is 6.94. The van der Waals surface area contributed by atoms with Crippen LogP contribution in [0.15, 0.2) is 25.3 Å². The third-order valence-corrected chi connectivity index (χ3v) is 4.26. The molecule has 6 heteroatoms. The quantitative estimate of drug-likeness (QED) is 0.365. The van der Waals surface area contributed by atoms with E-state index in [1.165, 1.54) is 0 Å². The highest BCUT2D eigenvalue weighted by Gasteiger charge is 2.30. The van der Waals surface area contributed by atoms with Crippen molar-refractivity contribution in [3.63, 3.8) is 0 Å². The van der Waals surface area contributed by atoms with Crippen LogP contribution in [0.4, 0.5) is 0 Å². The number of hydrogen-bond donors (Lipinski definition) is 2. The number of unbranched alkanes of at least 4 members (excludes halogenated alkanes) is 2. The average molecular weight is 367 g/mol. The molecular weight excluding hydrogens is 332 g/mol. The van der Waals surface area contributed by atoms with Crippen LogP contribution in [0.1, 0.15) is 52.4 Å². The molecule has 0 rings (SSSR count). The first-order valence-electron chi connectivity index (χ1n) is 9.23. The summed E-state index contributed by atoms with van der Waals surface area (Å²) in [6.07, 6.45) is 6.82. The Bertz CT molecular complexity index is 488. The van der Waals surface area contributed by atoms with E-state index in [1.807, 2.05) is 13.8 Å². The molecule has 6 nitrogen and oxygen atoms in total. The van der Waals surface area contributed by atoms with Crippen LogP contribution in [-0.4, -0.2) is 47.4 Å². The van der Waals surface area contributed by atoms with Gasteiger partial charge in [-0.1, -0.05) is 26.0 Å². The Morgan fingerprint density at radius 1 is 1.12 bits per heavy atom. The summed E-state index contributed by atoms with van der Waals surface area (Å²) in [5, 5.41) is 11.8. The van der Waals surface area contributed by atoms with Crippen LogP contribution in [0.5, 0.6) is 0 Å². The normalized spacial score (nSPS) is 12.9. The number of likely N-dealkylation sites (N-methyl/N-ethyl adjacent to an activating group) is 1. The molecular formula is C20H34N2O4. The first kappa shape index (κ1) is 23.9. The van der Waals surface area contributed by atoms with Crippen molar-refractivity contribution < 1.29 is 19.5 Å². The highest BCUT2D eigenvalue weighted by atomic mass is 16.4. The van der Waals surface area contributed by atoms with Crippen molar-refractivity contribution in [2.45, 2.75) is 58.4 Å².